The fourth-order valence-electron chi connectivity index (χ4n) is 1.61. The van der Waals surface area contributed by atoms with Gasteiger partial charge in [-0.05, 0) is 6.42 Å². The first kappa shape index (κ1) is 25.9. The largest absolute Gasteiger partial charge is 0.425 e. The molecule has 2 N–H and O–H groups in total. The molecular formula is C15H28O10S2. The van der Waals surface area contributed by atoms with Crippen molar-refractivity contribution >= 4 is 33.1 Å². The van der Waals surface area contributed by atoms with Gasteiger partial charge in [0, 0.05) is 12.3 Å². The molecule has 0 aliphatic heterocycles. The van der Waals surface area contributed by atoms with Crippen molar-refractivity contribution in [1.82, 2.24) is 0 Å². The summed E-state index contributed by atoms with van der Waals surface area (Å²) < 4.78 is 57.1. The van der Waals surface area contributed by atoms with E-state index >= 15 is 0 Å². The van der Waals surface area contributed by atoms with Crippen molar-refractivity contribution in [1.29, 1.82) is 0 Å². The number of esters is 2. The molecule has 0 heterocycles. The molecule has 0 aromatic rings. The van der Waals surface area contributed by atoms with Crippen molar-refractivity contribution in [2.45, 2.75) is 53.4 Å². The summed E-state index contributed by atoms with van der Waals surface area (Å²) in [5.41, 5.74) is -1.33. The number of carbonyl (C=O) groups excluding carboxylic acids is 2. The Morgan fingerprint density at radius 2 is 1.63 bits per heavy atom. The Morgan fingerprint density at radius 1 is 1.11 bits per heavy atom. The Morgan fingerprint density at radius 3 is 2.11 bits per heavy atom. The van der Waals surface area contributed by atoms with Crippen LogP contribution < -0.4 is 0 Å². The maximum Gasteiger partial charge on any atom is 0.338 e. The quantitative estimate of drug-likeness (QED) is 0.192. The Kier molecular flexibility index (Phi) is 10.6. The molecule has 0 aromatic carbocycles. The summed E-state index contributed by atoms with van der Waals surface area (Å²) in [5, 5.41) is 10.1. The third-order valence-corrected chi connectivity index (χ3v) is 5.23. The molecule has 0 aliphatic carbocycles. The Labute approximate surface area is 162 Å². The number of hydrogen-bond donors (Lipinski definition) is 2. The maximum atomic E-state index is 12.0. The van der Waals surface area contributed by atoms with E-state index < -0.39 is 69.2 Å². The van der Waals surface area contributed by atoms with Gasteiger partial charge in [-0.25, -0.2) is 9.00 Å². The minimum Gasteiger partial charge on any atom is -0.425 e. The molecule has 0 aliphatic rings. The molecule has 0 saturated carbocycles. The van der Waals surface area contributed by atoms with Crippen LogP contribution in [0.25, 0.3) is 0 Å². The molecule has 0 fully saturated rings. The molecule has 160 valence electrons. The van der Waals surface area contributed by atoms with E-state index in [-0.39, 0.29) is 12.2 Å². The summed E-state index contributed by atoms with van der Waals surface area (Å²) >= 11 is -2.11. The molecule has 0 saturated heterocycles. The van der Waals surface area contributed by atoms with Crippen LogP contribution >= 0.6 is 0 Å². The third kappa shape index (κ3) is 10.7. The van der Waals surface area contributed by atoms with Gasteiger partial charge in [0.1, 0.15) is 0 Å². The van der Waals surface area contributed by atoms with Gasteiger partial charge in [-0.2, -0.15) is 8.42 Å². The molecule has 0 rings (SSSR count). The first-order valence-electron chi connectivity index (χ1n) is 8.21. The monoisotopic (exact) mass is 432 g/mol. The lowest BCUT2D eigenvalue weighted by atomic mass is 9.88. The van der Waals surface area contributed by atoms with E-state index in [1.807, 2.05) is 0 Å². The van der Waals surface area contributed by atoms with Crippen LogP contribution in [0.1, 0.15) is 41.0 Å². The molecule has 2 unspecified atom stereocenters. The number of aliphatic hydroxyl groups is 1. The van der Waals surface area contributed by atoms with Crippen molar-refractivity contribution in [3.05, 3.63) is 0 Å². The van der Waals surface area contributed by atoms with Crippen LogP contribution in [0.3, 0.4) is 0 Å². The van der Waals surface area contributed by atoms with Gasteiger partial charge in [-0.1, -0.05) is 27.7 Å². The lowest BCUT2D eigenvalue weighted by Crippen LogP contribution is -2.43. The fraction of sp³-hybridized carbons (Fsp3) is 0.867. The highest BCUT2D eigenvalue weighted by molar-refractivity contribution is 7.86. The van der Waals surface area contributed by atoms with E-state index in [9.17, 15) is 27.3 Å². The second-order valence-corrected chi connectivity index (χ2v) is 9.70. The highest BCUT2D eigenvalue weighted by Gasteiger charge is 2.37. The first-order chi connectivity index (χ1) is 12.2. The van der Waals surface area contributed by atoms with Crippen LogP contribution in [0.2, 0.25) is 0 Å². The Bertz CT molecular complexity index is 627. The van der Waals surface area contributed by atoms with Crippen LogP contribution in [0.4, 0.5) is 0 Å². The number of aliphatic hydroxyl groups excluding tert-OH is 1. The van der Waals surface area contributed by atoms with Crippen LogP contribution in [0, 0.1) is 11.3 Å². The van der Waals surface area contributed by atoms with Gasteiger partial charge in [0.15, 0.2) is 17.2 Å². The van der Waals surface area contributed by atoms with Gasteiger partial charge in [0.25, 0.3) is 10.1 Å². The lowest BCUT2D eigenvalue weighted by molar-refractivity contribution is -0.196. The minimum atomic E-state index is -4.00. The predicted octanol–water partition coefficient (Wildman–Crippen LogP) is 0.420. The number of hydrogen-bond acceptors (Lipinski definition) is 9. The Balaban J connectivity index is 4.64. The third-order valence-electron chi connectivity index (χ3n) is 3.32. The van der Waals surface area contributed by atoms with Crippen LogP contribution in [0.15, 0.2) is 0 Å². The van der Waals surface area contributed by atoms with Crippen LogP contribution in [-0.4, -0.2) is 64.7 Å². The van der Waals surface area contributed by atoms with Gasteiger partial charge in [-0.3, -0.25) is 8.98 Å². The van der Waals surface area contributed by atoms with Crippen molar-refractivity contribution in [3.8, 4) is 0 Å². The molecule has 3 atom stereocenters. The molecule has 10 nitrogen and oxygen atoms in total. The van der Waals surface area contributed by atoms with Gasteiger partial charge >= 0.3 is 11.9 Å². The fourth-order valence-corrected chi connectivity index (χ4v) is 3.28. The number of rotatable bonds is 12. The maximum absolute atomic E-state index is 12.0. The van der Waals surface area contributed by atoms with Gasteiger partial charge in [0.05, 0.1) is 24.0 Å². The van der Waals surface area contributed by atoms with Gasteiger partial charge in [-0.15, -0.1) is 0 Å². The molecule has 0 aromatic heterocycles. The second-order valence-electron chi connectivity index (χ2n) is 6.89. The molecule has 0 amide bonds. The van der Waals surface area contributed by atoms with E-state index in [1.165, 1.54) is 20.8 Å². The average molecular weight is 433 g/mol. The molecule has 12 heteroatoms. The summed E-state index contributed by atoms with van der Waals surface area (Å²) in [4.78, 5) is 23.4. The van der Waals surface area contributed by atoms with E-state index in [2.05, 4.69) is 0 Å². The standard InChI is InChI=1S/C15H28O10S2/c1-10(2)13(17)24-11(3)25-14(18)12(16)15(4,5)9-23-27(21,22)8-6-7-26(19)20/h10-12,16H,6-9H2,1-5H3,(H,19,20)/t11?,12-/m0/s1. The molecule has 0 spiro atoms. The average Bonchev–Trinajstić information content (AvgIpc) is 2.51. The van der Waals surface area contributed by atoms with Crippen molar-refractivity contribution in [3.63, 3.8) is 0 Å². The number of carbonyl (C=O) groups is 2. The van der Waals surface area contributed by atoms with E-state index in [0.717, 1.165) is 0 Å². The zero-order valence-corrected chi connectivity index (χ0v) is 17.7. The van der Waals surface area contributed by atoms with E-state index in [4.69, 9.17) is 18.2 Å². The van der Waals surface area contributed by atoms with E-state index in [0.29, 0.717) is 0 Å². The normalized spacial score (nSPS) is 15.9. The van der Waals surface area contributed by atoms with E-state index in [1.54, 1.807) is 13.8 Å². The summed E-state index contributed by atoms with van der Waals surface area (Å²) in [7, 11) is -4.00. The second kappa shape index (κ2) is 11.1. The van der Waals surface area contributed by atoms with Crippen molar-refractivity contribution in [2.24, 2.45) is 11.3 Å². The van der Waals surface area contributed by atoms with Crippen molar-refractivity contribution in [2.75, 3.05) is 18.1 Å². The summed E-state index contributed by atoms with van der Waals surface area (Å²) in [6, 6.07) is 0. The molecule has 27 heavy (non-hydrogen) atoms. The van der Waals surface area contributed by atoms with Crippen LogP contribution in [0.5, 0.6) is 0 Å². The smallest absolute Gasteiger partial charge is 0.338 e. The highest BCUT2D eigenvalue weighted by atomic mass is 32.2. The van der Waals surface area contributed by atoms with Gasteiger partial charge < -0.3 is 19.1 Å². The topological polar surface area (TPSA) is 153 Å². The predicted molar refractivity (Wildman–Crippen MR) is 96.3 cm³/mol. The summed E-state index contributed by atoms with van der Waals surface area (Å²) in [6.45, 7) is 6.78. The van der Waals surface area contributed by atoms with Crippen LogP contribution in [-0.2, 0) is 44.4 Å². The molecule has 0 radical (unpaired) electrons. The zero-order chi connectivity index (χ0) is 21.4. The summed E-state index contributed by atoms with van der Waals surface area (Å²) in [6.07, 6.45) is -3.03. The zero-order valence-electron chi connectivity index (χ0n) is 16.0. The molecule has 0 bridgehead atoms. The Hall–Kier alpha value is -1.08. The lowest BCUT2D eigenvalue weighted by Gasteiger charge is -2.29. The summed E-state index contributed by atoms with van der Waals surface area (Å²) in [5.74, 6) is -2.79. The highest BCUT2D eigenvalue weighted by Crippen LogP contribution is 2.24. The van der Waals surface area contributed by atoms with Gasteiger partial charge in [0.2, 0.25) is 6.29 Å². The first-order valence-corrected chi connectivity index (χ1v) is 11.1. The SMILES string of the molecule is CC(OC(=O)C(C)C)OC(=O)[C@H](O)C(C)(C)COS(=O)(=O)CCCS(=O)O. The minimum absolute atomic E-state index is 0.0742. The van der Waals surface area contributed by atoms with Crippen molar-refractivity contribution < 1.29 is 45.5 Å². The molecular weight excluding hydrogens is 404 g/mol. The number of ether oxygens (including phenoxy) is 2.